The molecule has 2 amide bonds. The van der Waals surface area contributed by atoms with Crippen LogP contribution in [0.4, 0.5) is 5.69 Å². The van der Waals surface area contributed by atoms with Crippen molar-refractivity contribution in [3.63, 3.8) is 0 Å². The van der Waals surface area contributed by atoms with Gasteiger partial charge in [-0.3, -0.25) is 14.6 Å². The fourth-order valence-electron chi connectivity index (χ4n) is 7.60. The molecule has 4 heteroatoms. The van der Waals surface area contributed by atoms with Crippen LogP contribution >= 0.6 is 0 Å². The van der Waals surface area contributed by atoms with E-state index >= 15 is 0 Å². The fourth-order valence-corrected chi connectivity index (χ4v) is 7.60. The maximum absolute atomic E-state index is 14.4. The van der Waals surface area contributed by atoms with Crippen molar-refractivity contribution in [1.29, 1.82) is 0 Å². The van der Waals surface area contributed by atoms with Crippen LogP contribution in [0, 0.1) is 11.8 Å². The predicted molar refractivity (Wildman–Crippen MR) is 158 cm³/mol. The number of hydrogen-bond donors (Lipinski definition) is 0. The van der Waals surface area contributed by atoms with E-state index in [1.165, 1.54) is 15.7 Å². The number of benzene rings is 5. The minimum atomic E-state index is -0.840. The lowest BCUT2D eigenvalue weighted by Gasteiger charge is -2.52. The smallest absolute Gasteiger partial charge is 0.239 e. The molecule has 0 spiro atoms. The molecule has 3 aliphatic carbocycles. The minimum Gasteiger partial charge on any atom is -0.291 e. The fraction of sp³-hybridized carbons (Fsp3) is 0.139. The first-order valence-corrected chi connectivity index (χ1v) is 13.8. The quantitative estimate of drug-likeness (QED) is 0.197. The number of anilines is 1. The van der Waals surface area contributed by atoms with Gasteiger partial charge >= 0.3 is 0 Å². The third kappa shape index (κ3) is 2.99. The number of rotatable bonds is 4. The predicted octanol–water partition coefficient (Wildman–Crippen LogP) is 6.66. The van der Waals surface area contributed by atoms with Crippen molar-refractivity contribution in [2.24, 2.45) is 16.8 Å². The molecule has 1 aliphatic heterocycles. The van der Waals surface area contributed by atoms with Crippen LogP contribution < -0.4 is 4.90 Å². The van der Waals surface area contributed by atoms with Crippen molar-refractivity contribution in [2.45, 2.75) is 17.9 Å². The first kappa shape index (κ1) is 23.1. The van der Waals surface area contributed by atoms with Gasteiger partial charge in [0.15, 0.2) is 0 Å². The second kappa shape index (κ2) is 8.59. The molecule has 0 N–H and O–H groups in total. The Morgan fingerprint density at radius 3 is 2.05 bits per heavy atom. The van der Waals surface area contributed by atoms with Crippen LogP contribution in [0.1, 0.15) is 33.7 Å². The summed E-state index contributed by atoms with van der Waals surface area (Å²) >= 11 is 0. The van der Waals surface area contributed by atoms with Crippen LogP contribution in [-0.2, 0) is 21.5 Å². The van der Waals surface area contributed by atoms with E-state index in [1.54, 1.807) is 0 Å². The Hall–Kier alpha value is -4.83. The van der Waals surface area contributed by atoms with Crippen molar-refractivity contribution in [2.75, 3.05) is 4.90 Å². The molecule has 0 saturated carbocycles. The lowest BCUT2D eigenvalue weighted by molar-refractivity contribution is -0.122. The molecule has 0 unspecified atom stereocenters. The van der Waals surface area contributed by atoms with Crippen LogP contribution in [0.5, 0.6) is 0 Å². The normalized spacial score (nSPS) is 24.4. The molecule has 2 atom stereocenters. The molecule has 0 radical (unpaired) electrons. The molecule has 40 heavy (non-hydrogen) atoms. The van der Waals surface area contributed by atoms with Gasteiger partial charge in [-0.15, -0.1) is 0 Å². The first-order valence-electron chi connectivity index (χ1n) is 13.8. The molecule has 1 saturated heterocycles. The van der Waals surface area contributed by atoms with E-state index in [0.29, 0.717) is 12.2 Å². The van der Waals surface area contributed by atoms with Crippen molar-refractivity contribution in [1.82, 2.24) is 0 Å². The Balaban J connectivity index is 1.34. The Morgan fingerprint density at radius 2 is 1.30 bits per heavy atom. The van der Waals surface area contributed by atoms with E-state index in [1.807, 2.05) is 66.9 Å². The second-order valence-corrected chi connectivity index (χ2v) is 11.0. The summed E-state index contributed by atoms with van der Waals surface area (Å²) in [6, 6.07) is 40.6. The van der Waals surface area contributed by atoms with Crippen molar-refractivity contribution >= 4 is 34.5 Å². The van der Waals surface area contributed by atoms with Gasteiger partial charge in [0.1, 0.15) is 0 Å². The zero-order valence-corrected chi connectivity index (χ0v) is 21.8. The third-order valence-electron chi connectivity index (χ3n) is 9.13. The summed E-state index contributed by atoms with van der Waals surface area (Å²) in [5.74, 6) is -1.49. The van der Waals surface area contributed by atoms with Crippen LogP contribution in [0.2, 0.25) is 0 Å². The van der Waals surface area contributed by atoms with Gasteiger partial charge in [-0.1, -0.05) is 109 Å². The van der Waals surface area contributed by atoms with Gasteiger partial charge < -0.3 is 0 Å². The topological polar surface area (TPSA) is 49.7 Å². The van der Waals surface area contributed by atoms with Crippen molar-refractivity contribution in [3.05, 3.63) is 149 Å². The van der Waals surface area contributed by atoms with E-state index in [-0.39, 0.29) is 17.7 Å². The molecule has 5 aromatic carbocycles. The summed E-state index contributed by atoms with van der Waals surface area (Å²) in [7, 11) is 0. The first-order chi connectivity index (χ1) is 19.7. The van der Waals surface area contributed by atoms with Gasteiger partial charge in [-0.2, -0.15) is 0 Å². The molecule has 5 aromatic rings. The van der Waals surface area contributed by atoms with E-state index < -0.39 is 17.3 Å². The monoisotopic (exact) mass is 518 g/mol. The Bertz CT molecular complexity index is 1810. The number of carbonyl (C=O) groups excluding carboxylic acids is 2. The van der Waals surface area contributed by atoms with Crippen LogP contribution in [0.25, 0.3) is 10.8 Å². The maximum atomic E-state index is 14.4. The second-order valence-electron chi connectivity index (χ2n) is 11.0. The van der Waals surface area contributed by atoms with Gasteiger partial charge in [0.05, 0.1) is 29.5 Å². The largest absolute Gasteiger partial charge is 0.291 e. The number of para-hydroxylation sites is 1. The molecule has 4 nitrogen and oxygen atoms in total. The summed E-state index contributed by atoms with van der Waals surface area (Å²) < 4.78 is 0. The highest BCUT2D eigenvalue weighted by Gasteiger charge is 2.67. The van der Waals surface area contributed by atoms with E-state index in [4.69, 9.17) is 4.99 Å². The van der Waals surface area contributed by atoms with Crippen LogP contribution in [-0.4, -0.2) is 18.0 Å². The molecule has 2 bridgehead atoms. The average Bonchev–Trinajstić information content (AvgIpc) is 3.28. The van der Waals surface area contributed by atoms with Gasteiger partial charge in [0.25, 0.3) is 0 Å². The number of aliphatic imine (C=N–C) groups is 1. The number of nitrogens with zero attached hydrogens (tertiary/aromatic N) is 2. The lowest BCUT2D eigenvalue weighted by atomic mass is 9.47. The highest BCUT2D eigenvalue weighted by atomic mass is 16.2. The van der Waals surface area contributed by atoms with E-state index in [9.17, 15) is 9.59 Å². The number of fused-ring (bicyclic) bond motifs is 1. The molecule has 1 fully saturated rings. The number of amides is 2. The van der Waals surface area contributed by atoms with Crippen molar-refractivity contribution in [3.8, 4) is 0 Å². The average molecular weight is 519 g/mol. The van der Waals surface area contributed by atoms with Gasteiger partial charge in [0, 0.05) is 12.1 Å². The van der Waals surface area contributed by atoms with Gasteiger partial charge in [0.2, 0.25) is 11.8 Å². The van der Waals surface area contributed by atoms with Gasteiger partial charge in [-0.05, 0) is 50.7 Å². The Labute approximate surface area is 232 Å². The molecule has 1 heterocycles. The molecular formula is C36H26N2O2. The lowest BCUT2D eigenvalue weighted by Crippen LogP contribution is -2.54. The molecular weight excluding hydrogens is 492 g/mol. The highest BCUT2D eigenvalue weighted by molar-refractivity contribution is 6.25. The summed E-state index contributed by atoms with van der Waals surface area (Å²) in [5, 5.41) is 2.35. The third-order valence-corrected chi connectivity index (χ3v) is 9.13. The summed E-state index contributed by atoms with van der Waals surface area (Å²) in [6.07, 6.45) is 2.00. The summed E-state index contributed by atoms with van der Waals surface area (Å²) in [6.45, 7) is 0.485. The zero-order valence-electron chi connectivity index (χ0n) is 21.8. The number of hydrogen-bond acceptors (Lipinski definition) is 3. The van der Waals surface area contributed by atoms with E-state index in [0.717, 1.165) is 27.8 Å². The number of imide groups is 1. The van der Waals surface area contributed by atoms with Crippen molar-refractivity contribution < 1.29 is 9.59 Å². The highest BCUT2D eigenvalue weighted by Crippen LogP contribution is 2.63. The SMILES string of the molecule is O=C1[C@@H]2[C@@H](C(=O)N1c1ccccc1)C1c3ccccc3C2(C=NCc2cccc3ccccc23)c2ccccc21. The Kier molecular flexibility index (Phi) is 4.96. The van der Waals surface area contributed by atoms with E-state index in [2.05, 4.69) is 60.7 Å². The molecule has 192 valence electrons. The standard InChI is InChI=1S/C36H26N2O2/c39-34-32-31-27-17-6-8-19-29(27)36(30-20-9-7-18-28(30)31,33(32)35(40)38(34)25-14-2-1-3-15-25)22-37-21-24-13-10-12-23-11-4-5-16-26(23)24/h1-20,22,31-33H,21H2/t31?,32-,33-,36?/m0/s1. The summed E-state index contributed by atoms with van der Waals surface area (Å²) in [5.41, 5.74) is 5.32. The summed E-state index contributed by atoms with van der Waals surface area (Å²) in [4.78, 5) is 35.1. The number of carbonyl (C=O) groups is 2. The van der Waals surface area contributed by atoms with Crippen LogP contribution in [0.15, 0.2) is 126 Å². The van der Waals surface area contributed by atoms with Crippen LogP contribution in [0.3, 0.4) is 0 Å². The molecule has 0 aromatic heterocycles. The molecule has 9 rings (SSSR count). The Morgan fingerprint density at radius 1 is 0.675 bits per heavy atom. The molecule has 4 aliphatic rings. The maximum Gasteiger partial charge on any atom is 0.239 e. The minimum absolute atomic E-state index is 0.123. The van der Waals surface area contributed by atoms with Gasteiger partial charge in [-0.25, -0.2) is 4.90 Å². The zero-order chi connectivity index (χ0) is 26.8.